The van der Waals surface area contributed by atoms with E-state index in [1.807, 2.05) is 24.3 Å². The Kier molecular flexibility index (Phi) is 5.97. The first-order valence-corrected chi connectivity index (χ1v) is 7.93. The van der Waals surface area contributed by atoms with Crippen LogP contribution in [0.3, 0.4) is 0 Å². The zero-order chi connectivity index (χ0) is 15.9. The van der Waals surface area contributed by atoms with Gasteiger partial charge in [0.1, 0.15) is 5.75 Å². The smallest absolute Gasteiger partial charge is 0.259 e. The van der Waals surface area contributed by atoms with Crippen LogP contribution in [0.4, 0.5) is 5.69 Å². The van der Waals surface area contributed by atoms with Crippen LogP contribution in [0.2, 0.25) is 0 Å². The first kappa shape index (κ1) is 16.5. The van der Waals surface area contributed by atoms with Gasteiger partial charge in [-0.2, -0.15) is 5.10 Å². The third-order valence-electron chi connectivity index (χ3n) is 2.68. The summed E-state index contributed by atoms with van der Waals surface area (Å²) in [6.45, 7) is 0.101. The highest BCUT2D eigenvalue weighted by atomic mass is 79.9. The zero-order valence-electron chi connectivity index (χ0n) is 11.4. The number of halogens is 2. The summed E-state index contributed by atoms with van der Waals surface area (Å²) in [6, 6.07) is 12.4. The molecule has 22 heavy (non-hydrogen) atoms. The molecular weight excluding hydrogens is 414 g/mol. The number of carbonyl (C=O) groups is 1. The molecule has 0 aromatic heterocycles. The topological polar surface area (TPSA) is 73.7 Å². The van der Waals surface area contributed by atoms with E-state index in [1.165, 1.54) is 6.21 Å². The first-order valence-electron chi connectivity index (χ1n) is 6.34. The summed E-state index contributed by atoms with van der Waals surface area (Å²) in [6.07, 6.45) is 1.39. The van der Waals surface area contributed by atoms with Crippen molar-refractivity contribution in [3.63, 3.8) is 0 Å². The van der Waals surface area contributed by atoms with Gasteiger partial charge in [-0.15, -0.1) is 0 Å². The normalized spacial score (nSPS) is 10.6. The lowest BCUT2D eigenvalue weighted by Gasteiger charge is -2.05. The summed E-state index contributed by atoms with van der Waals surface area (Å²) >= 11 is 6.64. The average molecular weight is 427 g/mol. The fourth-order valence-corrected chi connectivity index (χ4v) is 2.24. The molecule has 2 aromatic carbocycles. The van der Waals surface area contributed by atoms with Gasteiger partial charge in [-0.05, 0) is 42.5 Å². The van der Waals surface area contributed by atoms with Gasteiger partial charge >= 0.3 is 0 Å². The lowest BCUT2D eigenvalue weighted by molar-refractivity contribution is -0.119. The Bertz CT molecular complexity index is 688. The van der Waals surface area contributed by atoms with Crippen LogP contribution in [0.25, 0.3) is 0 Å². The Hall–Kier alpha value is -1.86. The van der Waals surface area contributed by atoms with E-state index in [4.69, 9.17) is 0 Å². The predicted molar refractivity (Wildman–Crippen MR) is 94.2 cm³/mol. The number of amides is 1. The number of nitrogens with zero attached hydrogens (tertiary/aromatic N) is 1. The Labute approximate surface area is 144 Å². The summed E-state index contributed by atoms with van der Waals surface area (Å²) in [5.74, 6) is -0.192. The molecule has 0 saturated heterocycles. The summed E-state index contributed by atoms with van der Waals surface area (Å²) in [7, 11) is 0. The Morgan fingerprint density at radius 2 is 1.82 bits per heavy atom. The number of aromatic hydroxyl groups is 1. The second-order valence-electron chi connectivity index (χ2n) is 4.36. The molecular formula is C15H13Br2N3O2. The van der Waals surface area contributed by atoms with E-state index in [0.29, 0.717) is 5.56 Å². The third-order valence-corrected chi connectivity index (χ3v) is 3.70. The number of rotatable bonds is 5. The van der Waals surface area contributed by atoms with Gasteiger partial charge in [0.05, 0.1) is 12.8 Å². The minimum atomic E-state index is -0.284. The molecule has 7 heteroatoms. The van der Waals surface area contributed by atoms with Crippen LogP contribution in [-0.4, -0.2) is 23.8 Å². The van der Waals surface area contributed by atoms with Gasteiger partial charge in [-0.25, -0.2) is 5.43 Å². The minimum Gasteiger partial charge on any atom is -0.507 e. The molecule has 2 rings (SSSR count). The lowest BCUT2D eigenvalue weighted by Crippen LogP contribution is -2.25. The average Bonchev–Trinajstić information content (AvgIpc) is 2.50. The molecule has 0 fully saturated rings. The van der Waals surface area contributed by atoms with Crippen LogP contribution in [0, 0.1) is 0 Å². The number of benzene rings is 2. The molecule has 0 unspecified atom stereocenters. The number of hydrazone groups is 1. The van der Waals surface area contributed by atoms with Gasteiger partial charge in [-0.3, -0.25) is 4.79 Å². The Morgan fingerprint density at radius 1 is 1.14 bits per heavy atom. The van der Waals surface area contributed by atoms with Crippen LogP contribution >= 0.6 is 31.9 Å². The van der Waals surface area contributed by atoms with Crippen LogP contribution in [0.5, 0.6) is 5.75 Å². The van der Waals surface area contributed by atoms with E-state index in [-0.39, 0.29) is 18.2 Å². The van der Waals surface area contributed by atoms with Gasteiger partial charge in [0.15, 0.2) is 0 Å². The number of carbonyl (C=O) groups excluding carboxylic acids is 1. The van der Waals surface area contributed by atoms with E-state index < -0.39 is 0 Å². The van der Waals surface area contributed by atoms with E-state index in [2.05, 4.69) is 47.7 Å². The molecule has 0 radical (unpaired) electrons. The Balaban J connectivity index is 1.83. The molecule has 0 aliphatic carbocycles. The maximum atomic E-state index is 11.7. The van der Waals surface area contributed by atoms with E-state index in [0.717, 1.165) is 14.6 Å². The molecule has 2 aromatic rings. The van der Waals surface area contributed by atoms with Crippen molar-refractivity contribution in [2.45, 2.75) is 0 Å². The molecule has 3 N–H and O–H groups in total. The summed E-state index contributed by atoms with van der Waals surface area (Å²) in [4.78, 5) is 11.7. The highest BCUT2D eigenvalue weighted by molar-refractivity contribution is 9.10. The molecule has 0 saturated carbocycles. The largest absolute Gasteiger partial charge is 0.507 e. The summed E-state index contributed by atoms with van der Waals surface area (Å²) in [5.41, 5.74) is 3.74. The second kappa shape index (κ2) is 7.95. The van der Waals surface area contributed by atoms with Crippen molar-refractivity contribution in [3.8, 4) is 5.75 Å². The van der Waals surface area contributed by atoms with E-state index in [1.54, 1.807) is 18.2 Å². The van der Waals surface area contributed by atoms with E-state index in [9.17, 15) is 9.90 Å². The number of hydrogen-bond acceptors (Lipinski definition) is 4. The van der Waals surface area contributed by atoms with Crippen LogP contribution in [0.15, 0.2) is 56.5 Å². The van der Waals surface area contributed by atoms with Gasteiger partial charge in [-0.1, -0.05) is 31.9 Å². The number of anilines is 1. The van der Waals surface area contributed by atoms with Crippen molar-refractivity contribution in [1.29, 1.82) is 0 Å². The van der Waals surface area contributed by atoms with Crippen LogP contribution < -0.4 is 10.7 Å². The maximum absolute atomic E-state index is 11.7. The monoisotopic (exact) mass is 425 g/mol. The van der Waals surface area contributed by atoms with Crippen molar-refractivity contribution in [2.24, 2.45) is 5.10 Å². The maximum Gasteiger partial charge on any atom is 0.259 e. The molecule has 0 aliphatic rings. The third kappa shape index (κ3) is 5.16. The summed E-state index contributed by atoms with van der Waals surface area (Å²) in [5, 5.41) is 16.4. The number of phenolic OH excluding ortho intramolecular Hbond substituents is 1. The molecule has 0 bridgehead atoms. The van der Waals surface area contributed by atoms with Crippen molar-refractivity contribution in [1.82, 2.24) is 5.43 Å². The molecule has 1 amide bonds. The van der Waals surface area contributed by atoms with Crippen LogP contribution in [0.1, 0.15) is 5.56 Å². The summed E-state index contributed by atoms with van der Waals surface area (Å²) < 4.78 is 1.79. The van der Waals surface area contributed by atoms with Gasteiger partial charge in [0, 0.05) is 20.2 Å². The molecule has 0 aliphatic heterocycles. The van der Waals surface area contributed by atoms with Crippen molar-refractivity contribution in [3.05, 3.63) is 57.0 Å². The molecule has 0 heterocycles. The van der Waals surface area contributed by atoms with Crippen molar-refractivity contribution < 1.29 is 9.90 Å². The number of hydrogen-bond donors (Lipinski definition) is 3. The molecule has 0 spiro atoms. The van der Waals surface area contributed by atoms with E-state index >= 15 is 0 Å². The zero-order valence-corrected chi connectivity index (χ0v) is 14.6. The Morgan fingerprint density at radius 3 is 2.55 bits per heavy atom. The van der Waals surface area contributed by atoms with Crippen LogP contribution in [-0.2, 0) is 4.79 Å². The minimum absolute atomic E-state index is 0.0918. The van der Waals surface area contributed by atoms with Gasteiger partial charge in [0.2, 0.25) is 0 Å². The highest BCUT2D eigenvalue weighted by Gasteiger charge is 2.01. The molecule has 5 nitrogen and oxygen atoms in total. The number of nitrogens with one attached hydrogen (secondary N) is 2. The number of phenols is 1. The van der Waals surface area contributed by atoms with Crippen molar-refractivity contribution >= 4 is 49.7 Å². The quantitative estimate of drug-likeness (QED) is 0.506. The van der Waals surface area contributed by atoms with Crippen molar-refractivity contribution in [2.75, 3.05) is 11.9 Å². The highest BCUT2D eigenvalue weighted by Crippen LogP contribution is 2.19. The predicted octanol–water partition coefficient (Wildman–Crippen LogP) is 3.48. The molecule has 114 valence electrons. The standard InChI is InChI=1S/C15H13Br2N3O2/c16-11-1-4-13(5-2-11)18-9-15(22)20-19-8-10-7-12(17)3-6-14(10)21/h1-8,18,21H,9H2,(H,20,22). The fourth-order valence-electron chi connectivity index (χ4n) is 1.59. The van der Waals surface area contributed by atoms with Gasteiger partial charge in [0.25, 0.3) is 5.91 Å². The fraction of sp³-hybridized carbons (Fsp3) is 0.0667. The van der Waals surface area contributed by atoms with Gasteiger partial charge < -0.3 is 10.4 Å². The lowest BCUT2D eigenvalue weighted by atomic mass is 10.2. The second-order valence-corrected chi connectivity index (χ2v) is 6.19. The molecule has 0 atom stereocenters. The first-order chi connectivity index (χ1) is 10.5. The SMILES string of the molecule is O=C(CNc1ccc(Br)cc1)NN=Cc1cc(Br)ccc1O.